The van der Waals surface area contributed by atoms with E-state index in [9.17, 15) is 4.79 Å². The fourth-order valence-electron chi connectivity index (χ4n) is 1.51. The molecule has 1 aromatic rings. The molecule has 0 aromatic heterocycles. The van der Waals surface area contributed by atoms with Crippen LogP contribution in [0.15, 0.2) is 24.3 Å². The SMILES string of the molecule is CCC(N)CSCC(=O)NCc1ccccc1OC. The fourth-order valence-corrected chi connectivity index (χ4v) is 2.46. The van der Waals surface area contributed by atoms with Crippen molar-refractivity contribution in [1.29, 1.82) is 0 Å². The predicted molar refractivity (Wildman–Crippen MR) is 80.4 cm³/mol. The number of para-hydroxylation sites is 1. The normalized spacial score (nSPS) is 11.9. The number of ether oxygens (including phenoxy) is 1. The molecule has 0 saturated heterocycles. The van der Waals surface area contributed by atoms with Gasteiger partial charge in [-0.05, 0) is 12.5 Å². The predicted octanol–water partition coefficient (Wildman–Crippen LogP) is 1.78. The maximum absolute atomic E-state index is 11.7. The standard InChI is InChI=1S/C14H22N2O2S/c1-3-12(15)9-19-10-14(17)16-8-11-6-4-5-7-13(11)18-2/h4-7,12H,3,8-10,15H2,1-2H3,(H,16,17). The molecule has 1 unspecified atom stereocenters. The van der Waals surface area contributed by atoms with Gasteiger partial charge in [0.2, 0.25) is 5.91 Å². The first kappa shape index (κ1) is 15.9. The monoisotopic (exact) mass is 282 g/mol. The van der Waals surface area contributed by atoms with Crippen LogP contribution in [0.2, 0.25) is 0 Å². The largest absolute Gasteiger partial charge is 0.496 e. The lowest BCUT2D eigenvalue weighted by molar-refractivity contribution is -0.118. The van der Waals surface area contributed by atoms with Crippen molar-refractivity contribution in [2.75, 3.05) is 18.6 Å². The second-order valence-electron chi connectivity index (χ2n) is 4.27. The summed E-state index contributed by atoms with van der Waals surface area (Å²) in [5.74, 6) is 2.09. The van der Waals surface area contributed by atoms with E-state index >= 15 is 0 Å². The Kier molecular flexibility index (Phi) is 7.36. The van der Waals surface area contributed by atoms with Gasteiger partial charge in [-0.25, -0.2) is 0 Å². The number of carbonyl (C=O) groups is 1. The van der Waals surface area contributed by atoms with Crippen molar-refractivity contribution in [3.05, 3.63) is 29.8 Å². The van der Waals surface area contributed by atoms with E-state index in [1.165, 1.54) is 0 Å². The highest BCUT2D eigenvalue weighted by Crippen LogP contribution is 2.16. The smallest absolute Gasteiger partial charge is 0.230 e. The van der Waals surface area contributed by atoms with Gasteiger partial charge in [-0.1, -0.05) is 25.1 Å². The van der Waals surface area contributed by atoms with Gasteiger partial charge >= 0.3 is 0 Å². The molecule has 0 aliphatic carbocycles. The van der Waals surface area contributed by atoms with E-state index in [4.69, 9.17) is 10.5 Å². The Morgan fingerprint density at radius 2 is 2.21 bits per heavy atom. The van der Waals surface area contributed by atoms with Crippen LogP contribution in [0.1, 0.15) is 18.9 Å². The highest BCUT2D eigenvalue weighted by molar-refractivity contribution is 7.99. The maximum atomic E-state index is 11.7. The summed E-state index contributed by atoms with van der Waals surface area (Å²) in [4.78, 5) is 11.7. The maximum Gasteiger partial charge on any atom is 0.230 e. The Labute approximate surface area is 119 Å². The van der Waals surface area contributed by atoms with E-state index in [2.05, 4.69) is 5.32 Å². The third-order valence-corrected chi connectivity index (χ3v) is 3.89. The molecule has 0 radical (unpaired) electrons. The average molecular weight is 282 g/mol. The summed E-state index contributed by atoms with van der Waals surface area (Å²) in [6, 6.07) is 7.84. The number of nitrogens with one attached hydrogen (secondary N) is 1. The Bertz CT molecular complexity index is 399. The minimum atomic E-state index is 0.0270. The number of amides is 1. The van der Waals surface area contributed by atoms with E-state index in [-0.39, 0.29) is 11.9 Å². The molecule has 1 atom stereocenters. The van der Waals surface area contributed by atoms with Crippen molar-refractivity contribution < 1.29 is 9.53 Å². The van der Waals surface area contributed by atoms with Gasteiger partial charge in [0.1, 0.15) is 5.75 Å². The molecule has 0 bridgehead atoms. The van der Waals surface area contributed by atoms with Crippen LogP contribution >= 0.6 is 11.8 Å². The molecule has 1 aromatic carbocycles. The van der Waals surface area contributed by atoms with Crippen LogP contribution in [-0.2, 0) is 11.3 Å². The van der Waals surface area contributed by atoms with Gasteiger partial charge in [-0.15, -0.1) is 0 Å². The van der Waals surface area contributed by atoms with Crippen LogP contribution in [0, 0.1) is 0 Å². The molecule has 1 rings (SSSR count). The molecule has 1 amide bonds. The second kappa shape index (κ2) is 8.82. The van der Waals surface area contributed by atoms with Gasteiger partial charge in [-0.3, -0.25) is 4.79 Å². The molecule has 3 N–H and O–H groups in total. The van der Waals surface area contributed by atoms with E-state index < -0.39 is 0 Å². The summed E-state index contributed by atoms with van der Waals surface area (Å²) >= 11 is 1.57. The van der Waals surface area contributed by atoms with Gasteiger partial charge < -0.3 is 15.8 Å². The summed E-state index contributed by atoms with van der Waals surface area (Å²) in [6.45, 7) is 2.54. The summed E-state index contributed by atoms with van der Waals surface area (Å²) < 4.78 is 5.23. The lowest BCUT2D eigenvalue weighted by Gasteiger charge is -2.10. The highest BCUT2D eigenvalue weighted by Gasteiger charge is 2.06. The Hall–Kier alpha value is -1.20. The van der Waals surface area contributed by atoms with Crippen molar-refractivity contribution in [3.63, 3.8) is 0 Å². The molecule has 0 spiro atoms. The molecule has 4 nitrogen and oxygen atoms in total. The van der Waals surface area contributed by atoms with Crippen molar-refractivity contribution in [2.45, 2.75) is 25.9 Å². The van der Waals surface area contributed by atoms with E-state index in [1.54, 1.807) is 18.9 Å². The first-order valence-corrected chi connectivity index (χ1v) is 7.54. The number of nitrogens with two attached hydrogens (primary N) is 1. The van der Waals surface area contributed by atoms with Crippen LogP contribution in [-0.4, -0.2) is 30.6 Å². The zero-order valence-electron chi connectivity index (χ0n) is 11.5. The van der Waals surface area contributed by atoms with Gasteiger partial charge in [-0.2, -0.15) is 11.8 Å². The summed E-state index contributed by atoms with van der Waals surface area (Å²) in [5.41, 5.74) is 6.77. The van der Waals surface area contributed by atoms with E-state index in [1.807, 2.05) is 31.2 Å². The molecule has 0 saturated carbocycles. The van der Waals surface area contributed by atoms with Crippen molar-refractivity contribution in [1.82, 2.24) is 5.32 Å². The Morgan fingerprint density at radius 3 is 2.89 bits per heavy atom. The number of hydrogen-bond donors (Lipinski definition) is 2. The average Bonchev–Trinajstić information content (AvgIpc) is 2.45. The second-order valence-corrected chi connectivity index (χ2v) is 5.30. The topological polar surface area (TPSA) is 64.4 Å². The lowest BCUT2D eigenvalue weighted by atomic mass is 10.2. The quantitative estimate of drug-likeness (QED) is 0.763. The van der Waals surface area contributed by atoms with Gasteiger partial charge in [0.15, 0.2) is 0 Å². The molecule has 0 heterocycles. The van der Waals surface area contributed by atoms with Crippen LogP contribution in [0.4, 0.5) is 0 Å². The minimum Gasteiger partial charge on any atom is -0.496 e. The van der Waals surface area contributed by atoms with Gasteiger partial charge in [0.25, 0.3) is 0 Å². The Balaban J connectivity index is 2.30. The summed E-state index contributed by atoms with van der Waals surface area (Å²) in [5, 5.41) is 2.88. The third-order valence-electron chi connectivity index (χ3n) is 2.76. The van der Waals surface area contributed by atoms with Crippen LogP contribution < -0.4 is 15.8 Å². The molecule has 0 aliphatic rings. The van der Waals surface area contributed by atoms with Crippen LogP contribution in [0.5, 0.6) is 5.75 Å². The fraction of sp³-hybridized carbons (Fsp3) is 0.500. The first-order chi connectivity index (χ1) is 9.17. The molecule has 0 aliphatic heterocycles. The van der Waals surface area contributed by atoms with E-state index in [0.29, 0.717) is 12.3 Å². The third kappa shape index (κ3) is 5.98. The first-order valence-electron chi connectivity index (χ1n) is 6.39. The number of carbonyl (C=O) groups excluding carboxylic acids is 1. The number of hydrogen-bond acceptors (Lipinski definition) is 4. The summed E-state index contributed by atoms with van der Waals surface area (Å²) in [7, 11) is 1.63. The zero-order chi connectivity index (χ0) is 14.1. The van der Waals surface area contributed by atoms with Crippen LogP contribution in [0.3, 0.4) is 0 Å². The number of thioether (sulfide) groups is 1. The van der Waals surface area contributed by atoms with Crippen molar-refractivity contribution in [2.24, 2.45) is 5.73 Å². The van der Waals surface area contributed by atoms with Crippen LogP contribution in [0.25, 0.3) is 0 Å². The molecule has 5 heteroatoms. The Morgan fingerprint density at radius 1 is 1.47 bits per heavy atom. The summed E-state index contributed by atoms with van der Waals surface area (Å²) in [6.07, 6.45) is 0.940. The number of rotatable bonds is 8. The molecule has 19 heavy (non-hydrogen) atoms. The van der Waals surface area contributed by atoms with Gasteiger partial charge in [0.05, 0.1) is 12.9 Å². The molecule has 106 valence electrons. The number of methoxy groups -OCH3 is 1. The van der Waals surface area contributed by atoms with E-state index in [0.717, 1.165) is 23.5 Å². The van der Waals surface area contributed by atoms with Crippen molar-refractivity contribution >= 4 is 17.7 Å². The highest BCUT2D eigenvalue weighted by atomic mass is 32.2. The molecular weight excluding hydrogens is 260 g/mol. The molecule has 0 fully saturated rings. The number of benzene rings is 1. The van der Waals surface area contributed by atoms with Crippen molar-refractivity contribution in [3.8, 4) is 5.75 Å². The lowest BCUT2D eigenvalue weighted by Crippen LogP contribution is -2.27. The van der Waals surface area contributed by atoms with Gasteiger partial charge in [0, 0.05) is 23.9 Å². The minimum absolute atomic E-state index is 0.0270. The molecular formula is C14H22N2O2S. The zero-order valence-corrected chi connectivity index (χ0v) is 12.3.